The van der Waals surface area contributed by atoms with Crippen LogP contribution in [0.4, 0.5) is 5.69 Å². The highest BCUT2D eigenvalue weighted by molar-refractivity contribution is 7.48. The van der Waals surface area contributed by atoms with E-state index in [0.29, 0.717) is 23.4 Å². The van der Waals surface area contributed by atoms with Gasteiger partial charge in [0.25, 0.3) is 0 Å². The minimum atomic E-state index is -3.77. The molecule has 12 heteroatoms. The molecule has 4 aromatic rings. The summed E-state index contributed by atoms with van der Waals surface area (Å²) in [5.74, 6) is -0.164. The fraction of sp³-hybridized carbons (Fsp3) is 0.290. The zero-order valence-electron chi connectivity index (χ0n) is 24.9. The number of pyridine rings is 2. The van der Waals surface area contributed by atoms with Crippen molar-refractivity contribution in [3.8, 4) is 28.3 Å². The standard InChI is InChI=1S/C31H35N6O5P/c1-6-40-43(39,41-7-2)42-22-37-21-29(24-11-8-10-23(14-24)17-32)28-16-26(19-34-31(28)37)25-15-27(20-33-18-25)36(5)30(38)12-9-13-35(3)4/h8-12,14-16,18-21H,6-7,13,22H2,1-5H3/b12-9+. The molecule has 0 aliphatic rings. The first-order valence-electron chi connectivity index (χ1n) is 13.8. The minimum Gasteiger partial charge on any atom is -0.310 e. The molecule has 0 saturated carbocycles. The number of hydrogen-bond acceptors (Lipinski definition) is 9. The number of hydrogen-bond donors (Lipinski definition) is 0. The van der Waals surface area contributed by atoms with Gasteiger partial charge in [-0.3, -0.25) is 23.3 Å². The molecule has 3 aromatic heterocycles. The highest BCUT2D eigenvalue weighted by Crippen LogP contribution is 2.49. The summed E-state index contributed by atoms with van der Waals surface area (Å²) in [6.07, 6.45) is 10.2. The van der Waals surface area contributed by atoms with Crippen LogP contribution in [0.25, 0.3) is 33.3 Å². The number of aromatic nitrogens is 3. The van der Waals surface area contributed by atoms with Gasteiger partial charge in [-0.05, 0) is 57.8 Å². The Kier molecular flexibility index (Phi) is 10.6. The van der Waals surface area contributed by atoms with Gasteiger partial charge in [-0.15, -0.1) is 0 Å². The van der Waals surface area contributed by atoms with Crippen molar-refractivity contribution in [2.75, 3.05) is 45.8 Å². The lowest BCUT2D eigenvalue weighted by Crippen LogP contribution is -2.24. The first kappa shape index (κ1) is 31.8. The van der Waals surface area contributed by atoms with E-state index in [1.54, 1.807) is 62.3 Å². The van der Waals surface area contributed by atoms with E-state index in [1.807, 2.05) is 55.5 Å². The van der Waals surface area contributed by atoms with Crippen LogP contribution in [0, 0.1) is 11.3 Å². The Bertz CT molecular complexity index is 1700. The monoisotopic (exact) mass is 602 g/mol. The second-order valence-corrected chi connectivity index (χ2v) is 11.5. The molecule has 0 aliphatic heterocycles. The lowest BCUT2D eigenvalue weighted by Gasteiger charge is -2.17. The zero-order valence-corrected chi connectivity index (χ0v) is 25.8. The largest absolute Gasteiger partial charge is 0.476 e. The van der Waals surface area contributed by atoms with E-state index in [0.717, 1.165) is 27.6 Å². The topological polar surface area (TPSA) is 123 Å². The van der Waals surface area contributed by atoms with Crippen LogP contribution in [0.2, 0.25) is 0 Å². The summed E-state index contributed by atoms with van der Waals surface area (Å²) in [5.41, 5.74) is 4.87. The fourth-order valence-corrected chi connectivity index (χ4v) is 5.47. The van der Waals surface area contributed by atoms with E-state index >= 15 is 0 Å². The molecule has 0 saturated heterocycles. The van der Waals surface area contributed by atoms with Crippen molar-refractivity contribution in [2.45, 2.75) is 20.6 Å². The number of amides is 1. The Morgan fingerprint density at radius 3 is 2.47 bits per heavy atom. The second kappa shape index (κ2) is 14.3. The predicted molar refractivity (Wildman–Crippen MR) is 166 cm³/mol. The molecule has 1 amide bonds. The number of carbonyl (C=O) groups is 1. The predicted octanol–water partition coefficient (Wildman–Crippen LogP) is 5.87. The van der Waals surface area contributed by atoms with Crippen LogP contribution in [0.5, 0.6) is 0 Å². The molecule has 4 rings (SSSR count). The molecule has 0 radical (unpaired) electrons. The molecule has 0 fully saturated rings. The van der Waals surface area contributed by atoms with E-state index in [1.165, 1.54) is 4.90 Å². The van der Waals surface area contributed by atoms with Crippen LogP contribution in [-0.4, -0.2) is 66.2 Å². The summed E-state index contributed by atoms with van der Waals surface area (Å²) in [6.45, 7) is 4.27. The SMILES string of the molecule is CCOP(=O)(OCC)OCn1cc(-c2cccc(C#N)c2)c2cc(-c3cncc(N(C)C(=O)/C=C/CN(C)C)c3)cnc21. The molecule has 0 N–H and O–H groups in total. The molecular formula is C31H35N6O5P. The number of anilines is 1. The van der Waals surface area contributed by atoms with Crippen LogP contribution >= 0.6 is 7.82 Å². The molecule has 0 bridgehead atoms. The van der Waals surface area contributed by atoms with Crippen molar-refractivity contribution in [1.29, 1.82) is 5.26 Å². The van der Waals surface area contributed by atoms with E-state index in [9.17, 15) is 14.6 Å². The van der Waals surface area contributed by atoms with E-state index in [2.05, 4.69) is 11.1 Å². The fourth-order valence-electron chi connectivity index (χ4n) is 4.35. The number of nitriles is 1. The van der Waals surface area contributed by atoms with Gasteiger partial charge < -0.3 is 14.4 Å². The molecule has 3 heterocycles. The maximum absolute atomic E-state index is 13.0. The van der Waals surface area contributed by atoms with Crippen molar-refractivity contribution in [1.82, 2.24) is 19.4 Å². The number of phosphoric ester groups is 1. The van der Waals surface area contributed by atoms with Gasteiger partial charge in [-0.25, -0.2) is 9.55 Å². The van der Waals surface area contributed by atoms with Crippen LogP contribution in [0.15, 0.2) is 73.3 Å². The number of likely N-dealkylation sites (N-methyl/N-ethyl adjacent to an activating group) is 2. The Balaban J connectivity index is 1.74. The van der Waals surface area contributed by atoms with E-state index < -0.39 is 7.82 Å². The van der Waals surface area contributed by atoms with E-state index in [-0.39, 0.29) is 25.9 Å². The molecule has 224 valence electrons. The maximum Gasteiger partial charge on any atom is 0.476 e. The van der Waals surface area contributed by atoms with Crippen molar-refractivity contribution in [2.24, 2.45) is 0 Å². The summed E-state index contributed by atoms with van der Waals surface area (Å²) in [6, 6.07) is 13.3. The lowest BCUT2D eigenvalue weighted by molar-refractivity contribution is -0.113. The Hall–Kier alpha value is -4.17. The normalized spacial score (nSPS) is 11.8. The van der Waals surface area contributed by atoms with Crippen LogP contribution in [-0.2, 0) is 29.7 Å². The van der Waals surface area contributed by atoms with E-state index in [4.69, 9.17) is 18.6 Å². The van der Waals surface area contributed by atoms with Gasteiger partial charge in [0.15, 0.2) is 0 Å². The number of rotatable bonds is 13. The maximum atomic E-state index is 13.0. The second-order valence-electron chi connectivity index (χ2n) is 9.83. The first-order valence-corrected chi connectivity index (χ1v) is 15.2. The molecule has 0 atom stereocenters. The van der Waals surface area contributed by atoms with Gasteiger partial charge in [0, 0.05) is 60.3 Å². The Morgan fingerprint density at radius 2 is 1.77 bits per heavy atom. The molecule has 0 spiro atoms. The Morgan fingerprint density at radius 1 is 1.02 bits per heavy atom. The van der Waals surface area contributed by atoms with Crippen LogP contribution in [0.3, 0.4) is 0 Å². The number of fused-ring (bicyclic) bond motifs is 1. The van der Waals surface area contributed by atoms with Gasteiger partial charge in [-0.1, -0.05) is 18.2 Å². The average molecular weight is 603 g/mol. The quantitative estimate of drug-likeness (QED) is 0.136. The molecule has 1 aromatic carbocycles. The summed E-state index contributed by atoms with van der Waals surface area (Å²) >= 11 is 0. The first-order chi connectivity index (χ1) is 20.7. The highest BCUT2D eigenvalue weighted by atomic mass is 31.2. The third kappa shape index (κ3) is 7.82. The zero-order chi connectivity index (χ0) is 31.0. The number of benzene rings is 1. The lowest BCUT2D eigenvalue weighted by atomic mass is 10.0. The molecule has 43 heavy (non-hydrogen) atoms. The van der Waals surface area contributed by atoms with Gasteiger partial charge >= 0.3 is 7.82 Å². The van der Waals surface area contributed by atoms with Crippen molar-refractivity contribution in [3.63, 3.8) is 0 Å². The third-order valence-electron chi connectivity index (χ3n) is 6.45. The van der Waals surface area contributed by atoms with Crippen molar-refractivity contribution < 1.29 is 22.9 Å². The van der Waals surface area contributed by atoms with Gasteiger partial charge in [0.1, 0.15) is 12.4 Å². The van der Waals surface area contributed by atoms with Gasteiger partial charge in [-0.2, -0.15) is 5.26 Å². The van der Waals surface area contributed by atoms with Crippen molar-refractivity contribution in [3.05, 3.63) is 78.9 Å². The molecular weight excluding hydrogens is 567 g/mol. The number of phosphoric acid groups is 1. The Labute approximate surface area is 251 Å². The van der Waals surface area contributed by atoms with Crippen molar-refractivity contribution >= 4 is 30.5 Å². The smallest absolute Gasteiger partial charge is 0.310 e. The highest BCUT2D eigenvalue weighted by Gasteiger charge is 2.26. The third-order valence-corrected chi connectivity index (χ3v) is 8.03. The molecule has 11 nitrogen and oxygen atoms in total. The summed E-state index contributed by atoms with van der Waals surface area (Å²) < 4.78 is 30.9. The molecule has 0 unspecified atom stereocenters. The van der Waals surface area contributed by atoms with Gasteiger partial charge in [0.05, 0.1) is 36.7 Å². The average Bonchev–Trinajstić information content (AvgIpc) is 3.38. The summed E-state index contributed by atoms with van der Waals surface area (Å²) in [7, 11) is 1.80. The number of nitrogens with zero attached hydrogens (tertiary/aromatic N) is 6. The number of carbonyl (C=O) groups excluding carboxylic acids is 1. The van der Waals surface area contributed by atoms with Crippen LogP contribution < -0.4 is 4.90 Å². The van der Waals surface area contributed by atoms with Gasteiger partial charge in [0.2, 0.25) is 5.91 Å². The minimum absolute atomic E-state index is 0.136. The summed E-state index contributed by atoms with van der Waals surface area (Å²) in [5, 5.41) is 10.3. The molecule has 0 aliphatic carbocycles. The summed E-state index contributed by atoms with van der Waals surface area (Å²) in [4.78, 5) is 25.3. The van der Waals surface area contributed by atoms with Crippen LogP contribution in [0.1, 0.15) is 19.4 Å².